The highest BCUT2D eigenvalue weighted by atomic mass is 16.3. The molecule has 5 heteroatoms. The maximum Gasteiger partial charge on any atom is 0.164 e. The SMILES string of the molecule is CCC(O)(CC)CNCc1ncn(C)n1. The molecule has 2 N–H and O–H groups in total. The third-order valence-electron chi connectivity index (χ3n) is 2.70. The lowest BCUT2D eigenvalue weighted by Gasteiger charge is -2.25. The van der Waals surface area contributed by atoms with Crippen LogP contribution in [0.3, 0.4) is 0 Å². The zero-order valence-corrected chi connectivity index (χ0v) is 9.69. The fourth-order valence-electron chi connectivity index (χ4n) is 1.37. The van der Waals surface area contributed by atoms with Crippen molar-refractivity contribution in [3.63, 3.8) is 0 Å². The molecule has 0 amide bonds. The molecular weight excluding hydrogens is 192 g/mol. The predicted molar refractivity (Wildman–Crippen MR) is 58.2 cm³/mol. The molecule has 0 aromatic carbocycles. The van der Waals surface area contributed by atoms with Crippen LogP contribution in [0.1, 0.15) is 32.5 Å². The number of aliphatic hydroxyl groups is 1. The molecule has 0 saturated carbocycles. The molecule has 0 unspecified atom stereocenters. The molecule has 1 rings (SSSR count). The molecule has 1 heterocycles. The van der Waals surface area contributed by atoms with Crippen LogP contribution >= 0.6 is 0 Å². The second-order valence-electron chi connectivity index (χ2n) is 3.87. The van der Waals surface area contributed by atoms with E-state index in [4.69, 9.17) is 0 Å². The lowest BCUT2D eigenvalue weighted by molar-refractivity contribution is 0.0321. The molecular formula is C10H20N4O. The van der Waals surface area contributed by atoms with Crippen molar-refractivity contribution in [2.75, 3.05) is 6.54 Å². The first-order valence-electron chi connectivity index (χ1n) is 5.37. The molecule has 15 heavy (non-hydrogen) atoms. The van der Waals surface area contributed by atoms with Gasteiger partial charge >= 0.3 is 0 Å². The summed E-state index contributed by atoms with van der Waals surface area (Å²) in [7, 11) is 1.84. The largest absolute Gasteiger partial charge is 0.389 e. The lowest BCUT2D eigenvalue weighted by atomic mass is 9.98. The fraction of sp³-hybridized carbons (Fsp3) is 0.800. The van der Waals surface area contributed by atoms with E-state index >= 15 is 0 Å². The maximum atomic E-state index is 10.0. The molecule has 0 radical (unpaired) electrons. The van der Waals surface area contributed by atoms with Crippen molar-refractivity contribution in [1.82, 2.24) is 20.1 Å². The molecule has 0 aliphatic heterocycles. The smallest absolute Gasteiger partial charge is 0.164 e. The van der Waals surface area contributed by atoms with Gasteiger partial charge in [0.2, 0.25) is 0 Å². The molecule has 86 valence electrons. The Morgan fingerprint density at radius 1 is 1.47 bits per heavy atom. The van der Waals surface area contributed by atoms with Gasteiger partial charge in [0.1, 0.15) is 6.33 Å². The average Bonchev–Trinajstić information content (AvgIpc) is 2.64. The lowest BCUT2D eigenvalue weighted by Crippen LogP contribution is -2.39. The molecule has 0 aliphatic carbocycles. The standard InChI is InChI=1S/C10H20N4O/c1-4-10(15,5-2)7-11-6-9-12-8-14(3)13-9/h8,11,15H,4-7H2,1-3H3. The Bertz CT molecular complexity index is 293. The van der Waals surface area contributed by atoms with Crippen LogP contribution in [0, 0.1) is 0 Å². The van der Waals surface area contributed by atoms with Crippen molar-refractivity contribution in [3.8, 4) is 0 Å². The van der Waals surface area contributed by atoms with E-state index in [0.29, 0.717) is 13.1 Å². The number of hydrogen-bond donors (Lipinski definition) is 2. The molecule has 0 saturated heterocycles. The summed E-state index contributed by atoms with van der Waals surface area (Å²) in [5.74, 6) is 0.757. The van der Waals surface area contributed by atoms with Gasteiger partial charge in [-0.25, -0.2) is 4.98 Å². The van der Waals surface area contributed by atoms with Gasteiger partial charge in [0.25, 0.3) is 0 Å². The van der Waals surface area contributed by atoms with Crippen LogP contribution in [0.5, 0.6) is 0 Å². The Balaban J connectivity index is 2.32. The highest BCUT2D eigenvalue weighted by Gasteiger charge is 2.21. The average molecular weight is 212 g/mol. The Labute approximate surface area is 90.5 Å². The minimum absolute atomic E-state index is 0.582. The number of nitrogens with one attached hydrogen (secondary N) is 1. The van der Waals surface area contributed by atoms with Gasteiger partial charge in [-0.05, 0) is 12.8 Å². The molecule has 0 fully saturated rings. The van der Waals surface area contributed by atoms with E-state index in [1.165, 1.54) is 0 Å². The monoisotopic (exact) mass is 212 g/mol. The summed E-state index contributed by atoms with van der Waals surface area (Å²) in [6.07, 6.45) is 3.18. The van der Waals surface area contributed by atoms with Crippen LogP contribution in [0.15, 0.2) is 6.33 Å². The topological polar surface area (TPSA) is 63.0 Å². The second kappa shape index (κ2) is 5.23. The van der Waals surface area contributed by atoms with Crippen molar-refractivity contribution < 1.29 is 5.11 Å². The van der Waals surface area contributed by atoms with Gasteiger partial charge in [0.15, 0.2) is 5.82 Å². The molecule has 0 bridgehead atoms. The van der Waals surface area contributed by atoms with Crippen LogP contribution in [0.25, 0.3) is 0 Å². The summed E-state index contributed by atoms with van der Waals surface area (Å²) >= 11 is 0. The third kappa shape index (κ3) is 3.60. The van der Waals surface area contributed by atoms with Gasteiger partial charge in [-0.1, -0.05) is 13.8 Å². The quantitative estimate of drug-likeness (QED) is 0.719. The first-order valence-corrected chi connectivity index (χ1v) is 5.37. The van der Waals surface area contributed by atoms with Gasteiger partial charge in [0.05, 0.1) is 12.1 Å². The van der Waals surface area contributed by atoms with E-state index in [9.17, 15) is 5.11 Å². The molecule has 1 aromatic heterocycles. The summed E-state index contributed by atoms with van der Waals surface area (Å²) < 4.78 is 1.67. The number of rotatable bonds is 6. The van der Waals surface area contributed by atoms with Crippen molar-refractivity contribution in [2.45, 2.75) is 38.8 Å². The number of aromatic nitrogens is 3. The number of hydrogen-bond acceptors (Lipinski definition) is 4. The molecule has 5 nitrogen and oxygen atoms in total. The first-order chi connectivity index (χ1) is 7.09. The minimum Gasteiger partial charge on any atom is -0.389 e. The van der Waals surface area contributed by atoms with Crippen LogP contribution < -0.4 is 5.32 Å². The van der Waals surface area contributed by atoms with E-state index in [1.54, 1.807) is 11.0 Å². The van der Waals surface area contributed by atoms with Crippen molar-refractivity contribution >= 4 is 0 Å². The van der Waals surface area contributed by atoms with Crippen molar-refractivity contribution in [3.05, 3.63) is 12.2 Å². The summed E-state index contributed by atoms with van der Waals surface area (Å²) in [6.45, 7) is 5.16. The molecule has 0 aliphatic rings. The minimum atomic E-state index is -0.602. The van der Waals surface area contributed by atoms with Crippen LogP contribution in [0.4, 0.5) is 0 Å². The number of aryl methyl sites for hydroxylation is 1. The molecule has 0 atom stereocenters. The van der Waals surface area contributed by atoms with E-state index in [2.05, 4.69) is 15.4 Å². The van der Waals surface area contributed by atoms with Gasteiger partial charge in [-0.3, -0.25) is 4.68 Å². The van der Waals surface area contributed by atoms with Gasteiger partial charge in [-0.2, -0.15) is 5.10 Å². The number of nitrogens with zero attached hydrogens (tertiary/aromatic N) is 3. The summed E-state index contributed by atoms with van der Waals surface area (Å²) in [6, 6.07) is 0. The Kier molecular flexibility index (Phi) is 4.23. The highest BCUT2D eigenvalue weighted by Crippen LogP contribution is 2.12. The van der Waals surface area contributed by atoms with E-state index < -0.39 is 5.60 Å². The van der Waals surface area contributed by atoms with Gasteiger partial charge < -0.3 is 10.4 Å². The Hall–Kier alpha value is -0.940. The predicted octanol–water partition coefficient (Wildman–Crippen LogP) is 0.456. The summed E-state index contributed by atoms with van der Waals surface area (Å²) in [5.41, 5.74) is -0.602. The van der Waals surface area contributed by atoms with Crippen LogP contribution in [-0.4, -0.2) is 32.0 Å². The Morgan fingerprint density at radius 2 is 2.13 bits per heavy atom. The zero-order chi connectivity index (χ0) is 11.3. The third-order valence-corrected chi connectivity index (χ3v) is 2.70. The summed E-state index contributed by atoms with van der Waals surface area (Å²) in [4.78, 5) is 4.09. The normalized spacial score (nSPS) is 12.0. The zero-order valence-electron chi connectivity index (χ0n) is 9.69. The highest BCUT2D eigenvalue weighted by molar-refractivity contribution is 4.83. The van der Waals surface area contributed by atoms with Crippen LogP contribution in [-0.2, 0) is 13.6 Å². The van der Waals surface area contributed by atoms with Crippen LogP contribution in [0.2, 0.25) is 0 Å². The molecule has 0 spiro atoms. The maximum absolute atomic E-state index is 10.0. The molecule has 1 aromatic rings. The van der Waals surface area contributed by atoms with E-state index in [1.807, 2.05) is 20.9 Å². The van der Waals surface area contributed by atoms with Gasteiger partial charge in [0, 0.05) is 13.6 Å². The van der Waals surface area contributed by atoms with Crippen molar-refractivity contribution in [1.29, 1.82) is 0 Å². The van der Waals surface area contributed by atoms with E-state index in [0.717, 1.165) is 18.7 Å². The van der Waals surface area contributed by atoms with Crippen molar-refractivity contribution in [2.24, 2.45) is 7.05 Å². The summed E-state index contributed by atoms with van der Waals surface area (Å²) in [5, 5.41) is 17.3. The first kappa shape index (κ1) is 12.1. The fourth-order valence-corrected chi connectivity index (χ4v) is 1.37. The second-order valence-corrected chi connectivity index (χ2v) is 3.87. The Morgan fingerprint density at radius 3 is 2.60 bits per heavy atom. The van der Waals surface area contributed by atoms with Gasteiger partial charge in [-0.15, -0.1) is 0 Å². The van der Waals surface area contributed by atoms with E-state index in [-0.39, 0.29) is 0 Å².